The highest BCUT2D eigenvalue weighted by Crippen LogP contribution is 2.21. The number of anilines is 1. The van der Waals surface area contributed by atoms with Crippen LogP contribution < -0.4 is 5.32 Å². The molecule has 150 valence electrons. The van der Waals surface area contributed by atoms with E-state index in [-0.39, 0.29) is 11.8 Å². The molecule has 0 aliphatic heterocycles. The SMILES string of the molecule is CC(=O)Nc1ccc(SCC(=O)N(C)Cc2cnn(Cc3ccccc3)c2)cc1. The first-order valence-corrected chi connectivity index (χ1v) is 10.3. The summed E-state index contributed by atoms with van der Waals surface area (Å²) in [5.74, 6) is 0.305. The Morgan fingerprint density at radius 2 is 1.79 bits per heavy atom. The summed E-state index contributed by atoms with van der Waals surface area (Å²) in [4.78, 5) is 26.2. The highest BCUT2D eigenvalue weighted by molar-refractivity contribution is 8.00. The third-order valence-corrected chi connectivity index (χ3v) is 5.25. The molecule has 29 heavy (non-hydrogen) atoms. The zero-order chi connectivity index (χ0) is 20.6. The standard InChI is InChI=1S/C22H24N4O2S/c1-17(27)24-20-8-10-21(11-9-20)29-16-22(28)25(2)13-19-12-23-26(15-19)14-18-6-4-3-5-7-18/h3-12,15H,13-14,16H2,1-2H3,(H,24,27). The second kappa shape index (κ2) is 9.93. The van der Waals surface area contributed by atoms with E-state index in [0.29, 0.717) is 18.8 Å². The first kappa shape index (κ1) is 20.7. The van der Waals surface area contributed by atoms with E-state index in [2.05, 4.69) is 22.5 Å². The fourth-order valence-corrected chi connectivity index (χ4v) is 3.64. The topological polar surface area (TPSA) is 67.2 Å². The molecule has 1 aromatic heterocycles. The van der Waals surface area contributed by atoms with E-state index in [4.69, 9.17) is 0 Å². The van der Waals surface area contributed by atoms with E-state index < -0.39 is 0 Å². The van der Waals surface area contributed by atoms with Crippen molar-refractivity contribution in [3.05, 3.63) is 78.1 Å². The lowest BCUT2D eigenvalue weighted by Gasteiger charge is -2.16. The monoisotopic (exact) mass is 408 g/mol. The minimum atomic E-state index is -0.103. The molecule has 1 N–H and O–H groups in total. The highest BCUT2D eigenvalue weighted by atomic mass is 32.2. The Balaban J connectivity index is 1.47. The van der Waals surface area contributed by atoms with Crippen LogP contribution in [0.2, 0.25) is 0 Å². The molecule has 3 aromatic rings. The maximum absolute atomic E-state index is 12.5. The summed E-state index contributed by atoms with van der Waals surface area (Å²) >= 11 is 1.48. The van der Waals surface area contributed by atoms with Crippen LogP contribution in [0.25, 0.3) is 0 Å². The minimum Gasteiger partial charge on any atom is -0.341 e. The molecule has 0 saturated carbocycles. The van der Waals surface area contributed by atoms with Gasteiger partial charge >= 0.3 is 0 Å². The first-order chi connectivity index (χ1) is 14.0. The number of hydrogen-bond acceptors (Lipinski definition) is 4. The van der Waals surface area contributed by atoms with Gasteiger partial charge in [-0.3, -0.25) is 14.3 Å². The maximum atomic E-state index is 12.5. The number of carbonyl (C=O) groups excluding carboxylic acids is 2. The van der Waals surface area contributed by atoms with Gasteiger partial charge in [-0.2, -0.15) is 5.10 Å². The van der Waals surface area contributed by atoms with Crippen molar-refractivity contribution < 1.29 is 9.59 Å². The Kier molecular flexibility index (Phi) is 7.08. The second-order valence-electron chi connectivity index (χ2n) is 6.78. The van der Waals surface area contributed by atoms with Gasteiger partial charge in [0.2, 0.25) is 11.8 Å². The summed E-state index contributed by atoms with van der Waals surface area (Å²) in [5.41, 5.74) is 2.94. The van der Waals surface area contributed by atoms with Gasteiger partial charge in [0.05, 0.1) is 18.5 Å². The van der Waals surface area contributed by atoms with E-state index in [1.165, 1.54) is 24.2 Å². The van der Waals surface area contributed by atoms with Crippen molar-refractivity contribution in [2.24, 2.45) is 0 Å². The van der Waals surface area contributed by atoms with E-state index in [1.807, 2.05) is 53.3 Å². The molecular formula is C22H24N4O2S. The number of amides is 2. The fraction of sp³-hybridized carbons (Fsp3) is 0.227. The van der Waals surface area contributed by atoms with E-state index in [1.54, 1.807) is 18.1 Å². The average Bonchev–Trinajstić information content (AvgIpc) is 3.14. The molecule has 0 atom stereocenters. The number of hydrogen-bond donors (Lipinski definition) is 1. The molecule has 0 radical (unpaired) electrons. The molecule has 2 aromatic carbocycles. The molecule has 1 heterocycles. The molecule has 0 fully saturated rings. The summed E-state index contributed by atoms with van der Waals surface area (Å²) in [6, 6.07) is 17.6. The number of thioether (sulfide) groups is 1. The van der Waals surface area contributed by atoms with E-state index in [9.17, 15) is 9.59 Å². The Bertz CT molecular complexity index is 954. The summed E-state index contributed by atoms with van der Waals surface area (Å²) in [6.45, 7) is 2.71. The molecule has 2 amide bonds. The third kappa shape index (κ3) is 6.50. The summed E-state index contributed by atoms with van der Waals surface area (Å²) < 4.78 is 1.88. The molecule has 0 spiro atoms. The summed E-state index contributed by atoms with van der Waals surface area (Å²) in [7, 11) is 1.80. The van der Waals surface area contributed by atoms with Crippen LogP contribution in [0.3, 0.4) is 0 Å². The van der Waals surface area contributed by atoms with Crippen molar-refractivity contribution in [3.63, 3.8) is 0 Å². The van der Waals surface area contributed by atoms with Crippen LogP contribution in [-0.4, -0.2) is 39.3 Å². The van der Waals surface area contributed by atoms with Gasteiger partial charge in [-0.25, -0.2) is 0 Å². The van der Waals surface area contributed by atoms with Crippen molar-refractivity contribution in [2.45, 2.75) is 24.9 Å². The van der Waals surface area contributed by atoms with Gasteiger partial charge in [0.25, 0.3) is 0 Å². The number of rotatable bonds is 8. The zero-order valence-electron chi connectivity index (χ0n) is 16.5. The van der Waals surface area contributed by atoms with Crippen LogP contribution in [0.4, 0.5) is 5.69 Å². The van der Waals surface area contributed by atoms with Crippen LogP contribution in [0.5, 0.6) is 0 Å². The molecule has 0 saturated heterocycles. The lowest BCUT2D eigenvalue weighted by Crippen LogP contribution is -2.27. The number of benzene rings is 2. The molecule has 0 unspecified atom stereocenters. The van der Waals surface area contributed by atoms with Gasteiger partial charge in [-0.1, -0.05) is 30.3 Å². The lowest BCUT2D eigenvalue weighted by molar-refractivity contribution is -0.127. The number of nitrogens with one attached hydrogen (secondary N) is 1. The molecule has 6 nitrogen and oxygen atoms in total. The largest absolute Gasteiger partial charge is 0.341 e. The number of carbonyl (C=O) groups is 2. The van der Waals surface area contributed by atoms with Crippen molar-refractivity contribution in [1.82, 2.24) is 14.7 Å². The summed E-state index contributed by atoms with van der Waals surface area (Å²) in [5, 5.41) is 7.12. The van der Waals surface area contributed by atoms with Gasteiger partial charge in [0.15, 0.2) is 0 Å². The smallest absolute Gasteiger partial charge is 0.232 e. The minimum absolute atomic E-state index is 0.0525. The van der Waals surface area contributed by atoms with Gasteiger partial charge in [0, 0.05) is 42.9 Å². The maximum Gasteiger partial charge on any atom is 0.232 e. The van der Waals surface area contributed by atoms with Gasteiger partial charge < -0.3 is 10.2 Å². The molecule has 0 aliphatic carbocycles. The quantitative estimate of drug-likeness (QED) is 0.578. The number of nitrogens with zero attached hydrogens (tertiary/aromatic N) is 3. The van der Waals surface area contributed by atoms with Crippen LogP contribution in [0.15, 0.2) is 71.9 Å². The molecule has 0 aliphatic rings. The van der Waals surface area contributed by atoms with E-state index in [0.717, 1.165) is 16.1 Å². The van der Waals surface area contributed by atoms with Crippen molar-refractivity contribution in [3.8, 4) is 0 Å². The Morgan fingerprint density at radius 1 is 1.07 bits per heavy atom. The molecule has 0 bridgehead atoms. The Labute approximate surface area is 174 Å². The summed E-state index contributed by atoms with van der Waals surface area (Å²) in [6.07, 6.45) is 3.78. The van der Waals surface area contributed by atoms with Crippen LogP contribution in [0, 0.1) is 0 Å². The van der Waals surface area contributed by atoms with Crippen molar-refractivity contribution >= 4 is 29.3 Å². The van der Waals surface area contributed by atoms with Crippen LogP contribution in [-0.2, 0) is 22.7 Å². The predicted molar refractivity (Wildman–Crippen MR) is 116 cm³/mol. The van der Waals surface area contributed by atoms with Crippen LogP contribution >= 0.6 is 11.8 Å². The van der Waals surface area contributed by atoms with Gasteiger partial charge in [0.1, 0.15) is 0 Å². The highest BCUT2D eigenvalue weighted by Gasteiger charge is 2.11. The van der Waals surface area contributed by atoms with Crippen molar-refractivity contribution in [1.29, 1.82) is 0 Å². The second-order valence-corrected chi connectivity index (χ2v) is 7.82. The zero-order valence-corrected chi connectivity index (χ0v) is 17.4. The van der Waals surface area contributed by atoms with Gasteiger partial charge in [-0.05, 0) is 29.8 Å². The fourth-order valence-electron chi connectivity index (χ4n) is 2.80. The predicted octanol–water partition coefficient (Wildman–Crippen LogP) is 3.64. The van der Waals surface area contributed by atoms with Gasteiger partial charge in [-0.15, -0.1) is 11.8 Å². The molecular weight excluding hydrogens is 384 g/mol. The first-order valence-electron chi connectivity index (χ1n) is 9.29. The average molecular weight is 409 g/mol. The number of aromatic nitrogens is 2. The van der Waals surface area contributed by atoms with Crippen molar-refractivity contribution in [2.75, 3.05) is 18.1 Å². The Morgan fingerprint density at radius 3 is 2.48 bits per heavy atom. The third-order valence-electron chi connectivity index (χ3n) is 4.26. The lowest BCUT2D eigenvalue weighted by atomic mass is 10.2. The molecule has 3 rings (SSSR count). The Hall–Kier alpha value is -3.06. The molecule has 7 heteroatoms. The van der Waals surface area contributed by atoms with Crippen LogP contribution in [0.1, 0.15) is 18.1 Å². The normalized spacial score (nSPS) is 10.6. The van der Waals surface area contributed by atoms with E-state index >= 15 is 0 Å².